The van der Waals surface area contributed by atoms with Gasteiger partial charge < -0.3 is 5.32 Å². The predicted octanol–water partition coefficient (Wildman–Crippen LogP) is 2.95. The molecule has 1 N–H and O–H groups in total. The number of aromatic nitrogens is 4. The molecule has 1 aliphatic rings. The maximum Gasteiger partial charge on any atom is 0.251 e. The van der Waals surface area contributed by atoms with E-state index < -0.39 is 6.43 Å². The van der Waals surface area contributed by atoms with E-state index in [-0.39, 0.29) is 18.4 Å². The second kappa shape index (κ2) is 8.20. The molecule has 0 radical (unpaired) electrons. The number of carbonyl (C=O) groups is 1. The highest BCUT2D eigenvalue weighted by atomic mass is 19.3. The molecule has 1 fully saturated rings. The molecular weight excluding hydrogens is 378 g/mol. The lowest BCUT2D eigenvalue weighted by Crippen LogP contribution is -2.40. The second-order valence-electron chi connectivity index (χ2n) is 7.36. The minimum absolute atomic E-state index is 0.140. The van der Waals surface area contributed by atoms with Gasteiger partial charge in [0.15, 0.2) is 5.82 Å². The van der Waals surface area contributed by atoms with Crippen LogP contribution in [0.4, 0.5) is 14.6 Å². The topological polar surface area (TPSA) is 75.9 Å². The Bertz CT molecular complexity index is 1010. The van der Waals surface area contributed by atoms with Crippen LogP contribution in [0.25, 0.3) is 22.0 Å². The lowest BCUT2D eigenvalue weighted by atomic mass is 9.96. The Balaban J connectivity index is 1.44. The van der Waals surface area contributed by atoms with E-state index in [1.165, 1.54) is 0 Å². The minimum Gasteiger partial charge on any atom is -0.309 e. The lowest BCUT2D eigenvalue weighted by Gasteiger charge is -2.30. The molecule has 2 aromatic heterocycles. The number of piperidine rings is 1. The Morgan fingerprint density at radius 1 is 1.21 bits per heavy atom. The maximum absolute atomic E-state index is 12.6. The highest BCUT2D eigenvalue weighted by molar-refractivity contribution is 5.94. The van der Waals surface area contributed by atoms with Gasteiger partial charge in [0, 0.05) is 30.1 Å². The van der Waals surface area contributed by atoms with Crippen LogP contribution in [-0.2, 0) is 11.8 Å². The third-order valence-corrected chi connectivity index (χ3v) is 5.23. The highest BCUT2D eigenvalue weighted by Gasteiger charge is 2.26. The van der Waals surface area contributed by atoms with Crippen LogP contribution in [-0.4, -0.2) is 56.8 Å². The second-order valence-corrected chi connectivity index (χ2v) is 7.36. The van der Waals surface area contributed by atoms with Crippen LogP contribution in [0.5, 0.6) is 0 Å². The van der Waals surface area contributed by atoms with E-state index in [2.05, 4.69) is 20.6 Å². The zero-order valence-electron chi connectivity index (χ0n) is 16.1. The Kier molecular flexibility index (Phi) is 5.48. The summed E-state index contributed by atoms with van der Waals surface area (Å²) >= 11 is 0. The van der Waals surface area contributed by atoms with Crippen molar-refractivity contribution >= 4 is 22.6 Å². The fraction of sp³-hybridized carbons (Fsp3) is 0.400. The van der Waals surface area contributed by atoms with Gasteiger partial charge >= 0.3 is 0 Å². The SMILES string of the molecule is Cn1cc(-c2ccc3nnc(NC(=O)C4CCN(CC(F)F)CC4)cc3c2)cn1. The van der Waals surface area contributed by atoms with Crippen molar-refractivity contribution in [2.45, 2.75) is 19.3 Å². The number of nitrogens with one attached hydrogen (secondary N) is 1. The fourth-order valence-corrected chi connectivity index (χ4v) is 3.66. The summed E-state index contributed by atoms with van der Waals surface area (Å²) in [4.78, 5) is 14.3. The van der Waals surface area contributed by atoms with Crippen LogP contribution in [0.15, 0.2) is 36.7 Å². The fourth-order valence-electron chi connectivity index (χ4n) is 3.66. The average molecular weight is 400 g/mol. The standard InChI is InChI=1S/C20H22F2N6O/c1-27-11-16(10-23-27)14-2-3-17-15(8-14)9-19(26-25-17)24-20(29)13-4-6-28(7-5-13)12-18(21)22/h2-3,8-11,13,18H,4-7,12H2,1H3,(H,24,26,29). The molecule has 29 heavy (non-hydrogen) atoms. The number of carbonyl (C=O) groups excluding carboxylic acids is 1. The zero-order chi connectivity index (χ0) is 20.4. The van der Waals surface area contributed by atoms with Gasteiger partial charge in [-0.15, -0.1) is 10.2 Å². The van der Waals surface area contributed by atoms with Crippen LogP contribution < -0.4 is 5.32 Å². The molecule has 4 rings (SSSR count). The lowest BCUT2D eigenvalue weighted by molar-refractivity contribution is -0.121. The number of fused-ring (bicyclic) bond motifs is 1. The number of nitrogens with zero attached hydrogens (tertiary/aromatic N) is 5. The first kappa shape index (κ1) is 19.4. The molecule has 1 aliphatic heterocycles. The van der Waals surface area contributed by atoms with Gasteiger partial charge in [-0.25, -0.2) is 8.78 Å². The summed E-state index contributed by atoms with van der Waals surface area (Å²) < 4.78 is 26.7. The molecule has 1 aromatic carbocycles. The number of aryl methyl sites for hydroxylation is 1. The predicted molar refractivity (Wildman–Crippen MR) is 106 cm³/mol. The average Bonchev–Trinajstić information content (AvgIpc) is 3.14. The van der Waals surface area contributed by atoms with Crippen LogP contribution in [0, 0.1) is 5.92 Å². The first-order valence-electron chi connectivity index (χ1n) is 9.56. The molecule has 1 saturated heterocycles. The first-order valence-corrected chi connectivity index (χ1v) is 9.56. The van der Waals surface area contributed by atoms with E-state index in [4.69, 9.17) is 0 Å². The number of amides is 1. The number of halogens is 2. The summed E-state index contributed by atoms with van der Waals surface area (Å²) in [6, 6.07) is 7.62. The summed E-state index contributed by atoms with van der Waals surface area (Å²) in [5.41, 5.74) is 2.73. The van der Waals surface area contributed by atoms with E-state index >= 15 is 0 Å². The molecular formula is C20H22F2N6O. The quantitative estimate of drug-likeness (QED) is 0.713. The van der Waals surface area contributed by atoms with E-state index in [9.17, 15) is 13.6 Å². The number of hydrogen-bond acceptors (Lipinski definition) is 5. The normalized spacial score (nSPS) is 15.9. The molecule has 0 saturated carbocycles. The van der Waals surface area contributed by atoms with Crippen molar-refractivity contribution < 1.29 is 13.6 Å². The molecule has 3 heterocycles. The molecule has 152 valence electrons. The van der Waals surface area contributed by atoms with Crippen molar-refractivity contribution in [1.29, 1.82) is 0 Å². The summed E-state index contributed by atoms with van der Waals surface area (Å²) in [7, 11) is 1.86. The summed E-state index contributed by atoms with van der Waals surface area (Å²) in [6.07, 6.45) is 2.50. The summed E-state index contributed by atoms with van der Waals surface area (Å²) in [6.45, 7) is 0.768. The number of hydrogen-bond donors (Lipinski definition) is 1. The van der Waals surface area contributed by atoms with Crippen molar-refractivity contribution in [3.05, 3.63) is 36.7 Å². The largest absolute Gasteiger partial charge is 0.309 e. The molecule has 0 unspecified atom stereocenters. The van der Waals surface area contributed by atoms with Crippen molar-refractivity contribution in [1.82, 2.24) is 24.9 Å². The maximum atomic E-state index is 12.6. The van der Waals surface area contributed by atoms with Gasteiger partial charge in [-0.3, -0.25) is 14.4 Å². The molecule has 1 amide bonds. The molecule has 0 atom stereocenters. The van der Waals surface area contributed by atoms with Crippen LogP contribution in [0.2, 0.25) is 0 Å². The molecule has 9 heteroatoms. The van der Waals surface area contributed by atoms with Gasteiger partial charge in [-0.1, -0.05) is 6.07 Å². The molecule has 0 spiro atoms. The number of likely N-dealkylation sites (tertiary alicyclic amines) is 1. The number of anilines is 1. The highest BCUT2D eigenvalue weighted by Crippen LogP contribution is 2.25. The van der Waals surface area contributed by atoms with Crippen molar-refractivity contribution in [3.8, 4) is 11.1 Å². The Morgan fingerprint density at radius 2 is 2.00 bits per heavy atom. The summed E-state index contributed by atoms with van der Waals surface area (Å²) in [5.74, 6) is 0.0442. The van der Waals surface area contributed by atoms with Gasteiger partial charge in [-0.05, 0) is 49.7 Å². The van der Waals surface area contributed by atoms with Crippen LogP contribution >= 0.6 is 0 Å². The Labute approximate surface area is 166 Å². The number of rotatable bonds is 5. The van der Waals surface area contributed by atoms with Gasteiger partial charge in [0.25, 0.3) is 6.43 Å². The smallest absolute Gasteiger partial charge is 0.251 e. The minimum atomic E-state index is -2.34. The molecule has 3 aromatic rings. The van der Waals surface area contributed by atoms with E-state index in [1.54, 1.807) is 21.8 Å². The zero-order valence-corrected chi connectivity index (χ0v) is 16.1. The Hall–Kier alpha value is -2.94. The van der Waals surface area contributed by atoms with E-state index in [1.807, 2.05) is 31.4 Å². The van der Waals surface area contributed by atoms with Crippen molar-refractivity contribution in [2.24, 2.45) is 13.0 Å². The van der Waals surface area contributed by atoms with Gasteiger partial charge in [0.2, 0.25) is 5.91 Å². The third-order valence-electron chi connectivity index (χ3n) is 5.23. The van der Waals surface area contributed by atoms with E-state index in [0.717, 1.165) is 22.0 Å². The van der Waals surface area contributed by atoms with E-state index in [0.29, 0.717) is 31.7 Å². The van der Waals surface area contributed by atoms with Gasteiger partial charge in [0.05, 0.1) is 18.3 Å². The first-order chi connectivity index (χ1) is 14.0. The molecule has 0 bridgehead atoms. The van der Waals surface area contributed by atoms with Crippen molar-refractivity contribution in [3.63, 3.8) is 0 Å². The van der Waals surface area contributed by atoms with Crippen LogP contribution in [0.1, 0.15) is 12.8 Å². The number of alkyl halides is 2. The monoisotopic (exact) mass is 400 g/mol. The summed E-state index contributed by atoms with van der Waals surface area (Å²) in [5, 5.41) is 16.2. The van der Waals surface area contributed by atoms with Crippen molar-refractivity contribution in [2.75, 3.05) is 25.0 Å². The Morgan fingerprint density at radius 3 is 2.69 bits per heavy atom. The number of benzene rings is 1. The van der Waals surface area contributed by atoms with Crippen LogP contribution in [0.3, 0.4) is 0 Å². The molecule has 0 aliphatic carbocycles. The van der Waals surface area contributed by atoms with Gasteiger partial charge in [0.1, 0.15) is 0 Å². The third kappa shape index (κ3) is 4.56. The molecule has 7 nitrogen and oxygen atoms in total. The van der Waals surface area contributed by atoms with Gasteiger partial charge in [-0.2, -0.15) is 5.10 Å².